The second kappa shape index (κ2) is 8.71. The van der Waals surface area contributed by atoms with Gasteiger partial charge in [0.1, 0.15) is 0 Å². The molecule has 2 aliphatic rings. The number of carbonyl (C=O) groups is 1. The number of hydrogen-bond acceptors (Lipinski definition) is 3. The summed E-state index contributed by atoms with van der Waals surface area (Å²) in [5, 5.41) is 13.7. The molecule has 3 unspecified atom stereocenters. The summed E-state index contributed by atoms with van der Waals surface area (Å²) < 4.78 is 0. The van der Waals surface area contributed by atoms with Crippen LogP contribution < -0.4 is 5.32 Å². The molecule has 28 heavy (non-hydrogen) atoms. The quantitative estimate of drug-likeness (QED) is 0.677. The summed E-state index contributed by atoms with van der Waals surface area (Å²) in [7, 11) is 0. The second-order valence-electron chi connectivity index (χ2n) is 8.26. The number of rotatable bonds is 7. The lowest BCUT2D eigenvalue weighted by molar-refractivity contribution is -0.148. The molecule has 4 nitrogen and oxygen atoms in total. The topological polar surface area (TPSA) is 52.6 Å². The van der Waals surface area contributed by atoms with Crippen molar-refractivity contribution in [3.05, 3.63) is 57.8 Å². The summed E-state index contributed by atoms with van der Waals surface area (Å²) in [6, 6.07) is 6.84. The number of aryl methyl sites for hydroxylation is 1. The molecule has 0 bridgehead atoms. The molecule has 1 heterocycles. The zero-order valence-corrected chi connectivity index (χ0v) is 18.0. The van der Waals surface area contributed by atoms with Gasteiger partial charge < -0.3 is 10.4 Å². The Bertz CT molecular complexity index is 796. The van der Waals surface area contributed by atoms with Gasteiger partial charge in [0, 0.05) is 35.8 Å². The molecule has 1 aliphatic heterocycles. The van der Waals surface area contributed by atoms with Gasteiger partial charge in [-0.3, -0.25) is 9.69 Å². The van der Waals surface area contributed by atoms with E-state index in [1.807, 2.05) is 13.0 Å². The highest BCUT2D eigenvalue weighted by Gasteiger charge is 2.38. The number of benzene rings is 1. The number of likely N-dealkylation sites (tertiary alicyclic amines) is 1. The third kappa shape index (κ3) is 4.44. The van der Waals surface area contributed by atoms with Crippen molar-refractivity contribution < 1.29 is 9.90 Å². The summed E-state index contributed by atoms with van der Waals surface area (Å²) >= 11 is 6.19. The Labute approximate surface area is 173 Å². The average Bonchev–Trinajstić information content (AvgIpc) is 2.61. The largest absolute Gasteiger partial charge is 0.481 e. The molecule has 3 rings (SSSR count). The van der Waals surface area contributed by atoms with Crippen LogP contribution in [0.5, 0.6) is 0 Å². The summed E-state index contributed by atoms with van der Waals surface area (Å²) in [4.78, 5) is 13.4. The van der Waals surface area contributed by atoms with Crippen molar-refractivity contribution in [2.24, 2.45) is 11.8 Å². The average molecular weight is 403 g/mol. The first-order valence-electron chi connectivity index (χ1n) is 10.2. The van der Waals surface area contributed by atoms with Crippen molar-refractivity contribution in [2.45, 2.75) is 52.6 Å². The smallest absolute Gasteiger partial charge is 0.309 e. The number of nitrogens with zero attached hydrogens (tertiary/aromatic N) is 1. The van der Waals surface area contributed by atoms with Crippen LogP contribution in [0.25, 0.3) is 0 Å². The highest BCUT2D eigenvalue weighted by molar-refractivity contribution is 6.31. The van der Waals surface area contributed by atoms with Crippen molar-refractivity contribution in [3.63, 3.8) is 0 Å². The van der Waals surface area contributed by atoms with Gasteiger partial charge in [0.25, 0.3) is 0 Å². The maximum Gasteiger partial charge on any atom is 0.309 e. The third-order valence-corrected chi connectivity index (χ3v) is 6.77. The molecule has 0 spiro atoms. The summed E-state index contributed by atoms with van der Waals surface area (Å²) in [5.74, 6) is -0.474. The second-order valence-corrected chi connectivity index (χ2v) is 8.66. The van der Waals surface area contributed by atoms with E-state index >= 15 is 0 Å². The first kappa shape index (κ1) is 20.9. The van der Waals surface area contributed by atoms with Crippen LogP contribution in [-0.2, 0) is 4.79 Å². The van der Waals surface area contributed by atoms with Crippen LogP contribution in [0.3, 0.4) is 0 Å². The molecule has 0 aromatic heterocycles. The van der Waals surface area contributed by atoms with Gasteiger partial charge in [-0.15, -0.1) is 0 Å². The van der Waals surface area contributed by atoms with Crippen LogP contribution in [-0.4, -0.2) is 35.1 Å². The fourth-order valence-corrected chi connectivity index (χ4v) is 4.38. The SMILES string of the molecule is CCC(NC1=CC=C(C)C(C(C)N2CC(C(=O)O)C2)C1)c1ccc(Cl)c(C)c1. The normalized spacial score (nSPS) is 22.7. The van der Waals surface area contributed by atoms with E-state index < -0.39 is 5.97 Å². The Balaban J connectivity index is 1.66. The van der Waals surface area contributed by atoms with Gasteiger partial charge in [-0.2, -0.15) is 0 Å². The standard InChI is InChI=1S/C23H31ClN2O2/c1-5-22(17-7-9-21(24)15(3)10-17)25-19-8-6-14(2)20(11-19)16(4)26-12-18(13-26)23(27)28/h6-10,16,18,20,22,25H,5,11-13H2,1-4H3,(H,27,28). The minimum Gasteiger partial charge on any atom is -0.481 e. The maximum atomic E-state index is 11.1. The summed E-state index contributed by atoms with van der Waals surface area (Å²) in [6.07, 6.45) is 6.36. The molecular weight excluding hydrogens is 372 g/mol. The Hall–Kier alpha value is -1.78. The number of carboxylic acids is 1. The molecule has 3 atom stereocenters. The first-order chi connectivity index (χ1) is 13.3. The maximum absolute atomic E-state index is 11.1. The van der Waals surface area contributed by atoms with E-state index in [1.165, 1.54) is 16.8 Å². The fraction of sp³-hybridized carbons (Fsp3) is 0.522. The molecule has 2 N–H and O–H groups in total. The van der Waals surface area contributed by atoms with Gasteiger partial charge in [-0.25, -0.2) is 0 Å². The highest BCUT2D eigenvalue weighted by Crippen LogP contribution is 2.34. The number of aliphatic carboxylic acids is 1. The Morgan fingerprint density at radius 3 is 2.64 bits per heavy atom. The minimum absolute atomic E-state index is 0.207. The van der Waals surface area contributed by atoms with Crippen molar-refractivity contribution in [1.29, 1.82) is 0 Å². The van der Waals surface area contributed by atoms with Crippen molar-refractivity contribution in [3.8, 4) is 0 Å². The minimum atomic E-state index is -0.675. The van der Waals surface area contributed by atoms with Gasteiger partial charge in [-0.1, -0.05) is 42.3 Å². The molecule has 0 saturated carbocycles. The molecule has 1 aromatic rings. The zero-order valence-electron chi connectivity index (χ0n) is 17.2. The molecule has 1 aromatic carbocycles. The predicted molar refractivity (Wildman–Crippen MR) is 114 cm³/mol. The molecule has 1 fully saturated rings. The lowest BCUT2D eigenvalue weighted by Gasteiger charge is -2.45. The lowest BCUT2D eigenvalue weighted by Crippen LogP contribution is -2.56. The number of nitrogens with one attached hydrogen (secondary N) is 1. The predicted octanol–water partition coefficient (Wildman–Crippen LogP) is 4.94. The van der Waals surface area contributed by atoms with E-state index in [1.54, 1.807) is 0 Å². The molecular formula is C23H31ClN2O2. The van der Waals surface area contributed by atoms with E-state index in [9.17, 15) is 4.79 Å². The molecule has 1 saturated heterocycles. The van der Waals surface area contributed by atoms with E-state index in [2.05, 4.69) is 55.3 Å². The number of hydrogen-bond donors (Lipinski definition) is 2. The van der Waals surface area contributed by atoms with Crippen LogP contribution in [0.4, 0.5) is 0 Å². The number of allylic oxidation sites excluding steroid dienone is 3. The number of halogens is 1. The van der Waals surface area contributed by atoms with Gasteiger partial charge in [0.15, 0.2) is 0 Å². The van der Waals surface area contributed by atoms with Gasteiger partial charge in [0.2, 0.25) is 0 Å². The van der Waals surface area contributed by atoms with Crippen LogP contribution in [0.2, 0.25) is 5.02 Å². The van der Waals surface area contributed by atoms with Gasteiger partial charge in [0.05, 0.1) is 12.0 Å². The van der Waals surface area contributed by atoms with E-state index in [-0.39, 0.29) is 12.0 Å². The van der Waals surface area contributed by atoms with E-state index in [0.717, 1.165) is 23.4 Å². The highest BCUT2D eigenvalue weighted by atomic mass is 35.5. The zero-order chi connectivity index (χ0) is 20.4. The van der Waals surface area contributed by atoms with Crippen LogP contribution >= 0.6 is 11.6 Å². The Morgan fingerprint density at radius 1 is 1.32 bits per heavy atom. The molecule has 5 heteroatoms. The lowest BCUT2D eigenvalue weighted by atomic mass is 9.82. The first-order valence-corrected chi connectivity index (χ1v) is 10.5. The summed E-state index contributed by atoms with van der Waals surface area (Å²) in [6.45, 7) is 9.96. The fourth-order valence-electron chi connectivity index (χ4n) is 4.27. The van der Waals surface area contributed by atoms with Crippen molar-refractivity contribution in [2.75, 3.05) is 13.1 Å². The van der Waals surface area contributed by atoms with E-state index in [4.69, 9.17) is 16.7 Å². The van der Waals surface area contributed by atoms with Gasteiger partial charge in [-0.05, 0) is 56.9 Å². The molecule has 0 radical (unpaired) electrons. The summed E-state index contributed by atoms with van der Waals surface area (Å²) in [5.41, 5.74) is 4.97. The molecule has 0 amide bonds. The monoisotopic (exact) mass is 402 g/mol. The van der Waals surface area contributed by atoms with Crippen molar-refractivity contribution >= 4 is 17.6 Å². The van der Waals surface area contributed by atoms with Crippen LogP contribution in [0.1, 0.15) is 50.8 Å². The van der Waals surface area contributed by atoms with Gasteiger partial charge >= 0.3 is 5.97 Å². The van der Waals surface area contributed by atoms with Crippen molar-refractivity contribution in [1.82, 2.24) is 10.2 Å². The molecule has 152 valence electrons. The van der Waals surface area contributed by atoms with Crippen LogP contribution in [0, 0.1) is 18.8 Å². The third-order valence-electron chi connectivity index (χ3n) is 6.34. The Kier molecular flexibility index (Phi) is 6.51. The van der Waals surface area contributed by atoms with Crippen LogP contribution in [0.15, 0.2) is 41.6 Å². The van der Waals surface area contributed by atoms with E-state index in [0.29, 0.717) is 25.0 Å². The Morgan fingerprint density at radius 2 is 2.04 bits per heavy atom. The molecule has 1 aliphatic carbocycles. The number of carboxylic acid groups (broad SMARTS) is 1.